The monoisotopic (exact) mass is 324 g/mol. The predicted molar refractivity (Wildman–Crippen MR) is 82.0 cm³/mol. The van der Waals surface area contributed by atoms with Crippen molar-refractivity contribution in [3.63, 3.8) is 0 Å². The number of nitrogens with zero attached hydrogens (tertiary/aromatic N) is 2. The van der Waals surface area contributed by atoms with Gasteiger partial charge >= 0.3 is 0 Å². The molecule has 0 saturated heterocycles. The van der Waals surface area contributed by atoms with Gasteiger partial charge in [-0.25, -0.2) is 8.42 Å². The molecule has 0 spiro atoms. The fraction of sp³-hybridized carbons (Fsp3) is 0.154. The minimum atomic E-state index is -3.68. The number of sulfonamides is 1. The van der Waals surface area contributed by atoms with Crippen LogP contribution in [-0.2, 0) is 16.6 Å². The molecule has 2 N–H and O–H groups in total. The van der Waals surface area contributed by atoms with Crippen LogP contribution in [0.3, 0.4) is 0 Å². The van der Waals surface area contributed by atoms with E-state index in [1.54, 1.807) is 23.0 Å². The second kappa shape index (κ2) is 5.09. The van der Waals surface area contributed by atoms with Gasteiger partial charge in [0.15, 0.2) is 0 Å². The van der Waals surface area contributed by atoms with Crippen molar-refractivity contribution in [1.29, 1.82) is 0 Å². The van der Waals surface area contributed by atoms with E-state index in [2.05, 4.69) is 14.8 Å². The highest BCUT2D eigenvalue weighted by molar-refractivity contribution is 7.92. The van der Waals surface area contributed by atoms with Gasteiger partial charge in [-0.1, -0.05) is 23.7 Å². The number of aryl methyl sites for hydroxylation is 1. The topological polar surface area (TPSA) is 79.8 Å². The standard InChI is InChI=1S/C13H13ClN4O2S/c1-2-18-8-9(6-16-18)21(19,20)17-12-5-3-4-10-11(14)7-15-13(10)12/h3-8,15,17H,2H2,1H3. The number of fused-ring (bicyclic) bond motifs is 1. The van der Waals surface area contributed by atoms with Gasteiger partial charge in [-0.3, -0.25) is 9.40 Å². The summed E-state index contributed by atoms with van der Waals surface area (Å²) in [6, 6.07) is 5.24. The van der Waals surface area contributed by atoms with E-state index in [1.165, 1.54) is 12.4 Å². The van der Waals surface area contributed by atoms with Crippen LogP contribution in [0.15, 0.2) is 41.7 Å². The molecule has 2 heterocycles. The number of hydrogen-bond acceptors (Lipinski definition) is 3. The van der Waals surface area contributed by atoms with E-state index in [1.807, 2.05) is 13.0 Å². The summed E-state index contributed by atoms with van der Waals surface area (Å²) in [6.07, 6.45) is 4.44. The van der Waals surface area contributed by atoms with Crippen molar-refractivity contribution in [2.75, 3.05) is 4.72 Å². The third kappa shape index (κ3) is 2.50. The van der Waals surface area contributed by atoms with E-state index >= 15 is 0 Å². The zero-order chi connectivity index (χ0) is 15.0. The van der Waals surface area contributed by atoms with E-state index in [0.717, 1.165) is 5.39 Å². The quantitative estimate of drug-likeness (QED) is 0.774. The SMILES string of the molecule is CCn1cc(S(=O)(=O)Nc2cccc3c(Cl)c[nH]c23)cn1. The number of H-pyrrole nitrogens is 1. The van der Waals surface area contributed by atoms with Gasteiger partial charge in [0.05, 0.1) is 22.4 Å². The number of para-hydroxylation sites is 1. The van der Waals surface area contributed by atoms with Crippen LogP contribution in [0.5, 0.6) is 0 Å². The van der Waals surface area contributed by atoms with E-state index < -0.39 is 10.0 Å². The van der Waals surface area contributed by atoms with Crippen LogP contribution in [0, 0.1) is 0 Å². The summed E-state index contributed by atoms with van der Waals surface area (Å²) in [6.45, 7) is 2.50. The fourth-order valence-corrected chi connectivity index (χ4v) is 3.30. The Hall–Kier alpha value is -1.99. The van der Waals surface area contributed by atoms with Crippen molar-refractivity contribution < 1.29 is 8.42 Å². The molecule has 0 bridgehead atoms. The Morgan fingerprint density at radius 1 is 1.43 bits per heavy atom. The molecule has 1 aromatic carbocycles. The van der Waals surface area contributed by atoms with Crippen molar-refractivity contribution in [2.45, 2.75) is 18.4 Å². The van der Waals surface area contributed by atoms with Crippen molar-refractivity contribution in [2.24, 2.45) is 0 Å². The molecule has 0 aliphatic heterocycles. The largest absolute Gasteiger partial charge is 0.358 e. The van der Waals surface area contributed by atoms with Gasteiger partial charge in [-0.05, 0) is 13.0 Å². The summed E-state index contributed by atoms with van der Waals surface area (Å²) in [5.41, 5.74) is 1.10. The minimum absolute atomic E-state index is 0.124. The molecule has 0 fully saturated rings. The van der Waals surface area contributed by atoms with Crippen molar-refractivity contribution in [3.8, 4) is 0 Å². The fourth-order valence-electron chi connectivity index (χ4n) is 2.07. The van der Waals surface area contributed by atoms with E-state index in [9.17, 15) is 8.42 Å². The molecule has 6 nitrogen and oxygen atoms in total. The third-order valence-electron chi connectivity index (χ3n) is 3.15. The molecular weight excluding hydrogens is 312 g/mol. The average Bonchev–Trinajstić information content (AvgIpc) is 3.07. The van der Waals surface area contributed by atoms with Crippen LogP contribution < -0.4 is 4.72 Å². The number of benzene rings is 1. The van der Waals surface area contributed by atoms with Gasteiger partial charge in [0.2, 0.25) is 0 Å². The summed E-state index contributed by atoms with van der Waals surface area (Å²) in [5.74, 6) is 0. The van der Waals surface area contributed by atoms with Gasteiger partial charge in [-0.15, -0.1) is 0 Å². The molecule has 8 heteroatoms. The van der Waals surface area contributed by atoms with Gasteiger partial charge in [-0.2, -0.15) is 5.10 Å². The lowest BCUT2D eigenvalue weighted by Crippen LogP contribution is -2.12. The molecule has 0 saturated carbocycles. The van der Waals surface area contributed by atoms with Crippen LogP contribution in [-0.4, -0.2) is 23.2 Å². The zero-order valence-electron chi connectivity index (χ0n) is 11.2. The third-order valence-corrected chi connectivity index (χ3v) is 4.79. The first-order valence-corrected chi connectivity index (χ1v) is 8.18. The van der Waals surface area contributed by atoms with Gasteiger partial charge in [0.1, 0.15) is 4.90 Å². The molecule has 0 aliphatic rings. The molecule has 0 unspecified atom stereocenters. The molecule has 3 rings (SSSR count). The number of aromatic amines is 1. The Kier molecular flexibility index (Phi) is 3.38. The van der Waals surface area contributed by atoms with Gasteiger partial charge < -0.3 is 4.98 Å². The van der Waals surface area contributed by atoms with Crippen LogP contribution in [0.4, 0.5) is 5.69 Å². The van der Waals surface area contributed by atoms with Crippen LogP contribution in [0.2, 0.25) is 5.02 Å². The zero-order valence-corrected chi connectivity index (χ0v) is 12.7. The van der Waals surface area contributed by atoms with Crippen LogP contribution in [0.1, 0.15) is 6.92 Å². The van der Waals surface area contributed by atoms with E-state index in [-0.39, 0.29) is 4.90 Å². The number of nitrogens with one attached hydrogen (secondary N) is 2. The van der Waals surface area contributed by atoms with Crippen molar-refractivity contribution in [3.05, 3.63) is 41.8 Å². The Bertz CT molecular complexity index is 898. The summed E-state index contributed by atoms with van der Waals surface area (Å²) in [7, 11) is -3.68. The number of hydrogen-bond donors (Lipinski definition) is 2. The molecule has 21 heavy (non-hydrogen) atoms. The normalized spacial score (nSPS) is 11.9. The molecular formula is C13H13ClN4O2S. The first kappa shape index (κ1) is 14.0. The maximum absolute atomic E-state index is 12.4. The summed E-state index contributed by atoms with van der Waals surface area (Å²) in [5, 5.41) is 5.29. The summed E-state index contributed by atoms with van der Waals surface area (Å²) < 4.78 is 28.9. The second-order valence-corrected chi connectivity index (χ2v) is 6.59. The lowest BCUT2D eigenvalue weighted by Gasteiger charge is -2.07. The lowest BCUT2D eigenvalue weighted by molar-refractivity contribution is 0.600. The van der Waals surface area contributed by atoms with Gasteiger partial charge in [0.25, 0.3) is 10.0 Å². The Balaban J connectivity index is 2.01. The molecule has 3 aromatic rings. The summed E-state index contributed by atoms with van der Waals surface area (Å²) in [4.78, 5) is 3.09. The highest BCUT2D eigenvalue weighted by Gasteiger charge is 2.18. The number of rotatable bonds is 4. The smallest absolute Gasteiger partial charge is 0.265 e. The highest BCUT2D eigenvalue weighted by atomic mass is 35.5. The molecule has 110 valence electrons. The highest BCUT2D eigenvalue weighted by Crippen LogP contribution is 2.29. The molecule has 0 radical (unpaired) electrons. The second-order valence-electron chi connectivity index (χ2n) is 4.50. The minimum Gasteiger partial charge on any atom is -0.358 e. The Morgan fingerprint density at radius 2 is 2.24 bits per heavy atom. The van der Waals surface area contributed by atoms with E-state index in [4.69, 9.17) is 11.6 Å². The predicted octanol–water partition coefficient (Wildman–Crippen LogP) is 2.84. The molecule has 0 amide bonds. The average molecular weight is 325 g/mol. The molecule has 0 aliphatic carbocycles. The van der Waals surface area contributed by atoms with Gasteiger partial charge in [0, 0.05) is 24.3 Å². The van der Waals surface area contributed by atoms with Crippen molar-refractivity contribution >= 4 is 38.2 Å². The number of anilines is 1. The number of halogens is 1. The first-order valence-electron chi connectivity index (χ1n) is 6.32. The van der Waals surface area contributed by atoms with E-state index in [0.29, 0.717) is 22.8 Å². The molecule has 2 aromatic heterocycles. The van der Waals surface area contributed by atoms with Crippen LogP contribution >= 0.6 is 11.6 Å². The Labute approximate surface area is 126 Å². The van der Waals surface area contributed by atoms with Crippen molar-refractivity contribution in [1.82, 2.24) is 14.8 Å². The van der Waals surface area contributed by atoms with Crippen LogP contribution in [0.25, 0.3) is 10.9 Å². The maximum atomic E-state index is 12.4. The maximum Gasteiger partial charge on any atom is 0.265 e. The summed E-state index contributed by atoms with van der Waals surface area (Å²) >= 11 is 6.03. The first-order chi connectivity index (χ1) is 10.0. The number of aromatic nitrogens is 3. The Morgan fingerprint density at radius 3 is 2.95 bits per heavy atom. The lowest BCUT2D eigenvalue weighted by atomic mass is 10.2. The molecule has 0 atom stereocenters.